The average Bonchev–Trinajstić information content (AvgIpc) is 2.52. The first-order valence-corrected chi connectivity index (χ1v) is 9.55. The molecule has 1 aromatic rings. The molecule has 0 aliphatic carbocycles. The Kier molecular flexibility index (Phi) is 7.29. The first kappa shape index (κ1) is 19.0. The number of rotatable bonds is 6. The van der Waals surface area contributed by atoms with Gasteiger partial charge in [0.2, 0.25) is 0 Å². The van der Waals surface area contributed by atoms with Crippen LogP contribution in [0.3, 0.4) is 0 Å². The molecular formula is C21H34N2O. The maximum atomic E-state index is 6.12. The number of likely N-dealkylation sites (tertiary alicyclic amines) is 1. The van der Waals surface area contributed by atoms with Crippen molar-refractivity contribution in [1.82, 2.24) is 4.90 Å². The van der Waals surface area contributed by atoms with E-state index in [1.807, 2.05) is 0 Å². The molecule has 0 radical (unpaired) electrons. The second-order valence-electron chi connectivity index (χ2n) is 7.30. The van der Waals surface area contributed by atoms with Crippen LogP contribution in [-0.4, -0.2) is 36.0 Å². The van der Waals surface area contributed by atoms with Crippen molar-refractivity contribution in [3.05, 3.63) is 29.3 Å². The van der Waals surface area contributed by atoms with Crippen LogP contribution in [0.25, 0.3) is 0 Å². The standard InChI is InChI=1S/C21H34N2O/c1-6-13-23-14-8-7-12-19(23)15-20(24-16(2)3)22-21-17(4)10-9-11-18(21)5/h9-11,16,19H,6-8,12-15H2,1-5H3. The molecule has 1 unspecified atom stereocenters. The van der Waals surface area contributed by atoms with Crippen LogP contribution in [0.15, 0.2) is 23.2 Å². The lowest BCUT2D eigenvalue weighted by molar-refractivity contribution is 0.140. The molecule has 24 heavy (non-hydrogen) atoms. The minimum atomic E-state index is 0.163. The number of aliphatic imine (C=N–C) groups is 1. The Bertz CT molecular complexity index is 529. The predicted octanol–water partition coefficient (Wildman–Crippen LogP) is 5.41. The zero-order valence-electron chi connectivity index (χ0n) is 16.1. The molecule has 134 valence electrons. The molecule has 0 aromatic heterocycles. The van der Waals surface area contributed by atoms with E-state index in [0.29, 0.717) is 6.04 Å². The summed E-state index contributed by atoms with van der Waals surface area (Å²) in [4.78, 5) is 7.59. The van der Waals surface area contributed by atoms with E-state index in [1.54, 1.807) is 0 Å². The second kappa shape index (κ2) is 9.22. The summed E-state index contributed by atoms with van der Waals surface area (Å²) in [5, 5.41) is 0. The van der Waals surface area contributed by atoms with Crippen LogP contribution in [0.1, 0.15) is 64.0 Å². The maximum Gasteiger partial charge on any atom is 0.190 e. The summed E-state index contributed by atoms with van der Waals surface area (Å²) in [6.07, 6.45) is 6.20. The van der Waals surface area contributed by atoms with Gasteiger partial charge in [-0.15, -0.1) is 0 Å². The van der Waals surface area contributed by atoms with Crippen molar-refractivity contribution in [2.45, 2.75) is 78.9 Å². The fourth-order valence-electron chi connectivity index (χ4n) is 3.57. The highest BCUT2D eigenvalue weighted by Gasteiger charge is 2.24. The Morgan fingerprint density at radius 2 is 1.96 bits per heavy atom. The minimum Gasteiger partial charge on any atom is -0.478 e. The highest BCUT2D eigenvalue weighted by atomic mass is 16.5. The smallest absolute Gasteiger partial charge is 0.190 e. The summed E-state index contributed by atoms with van der Waals surface area (Å²) in [5.41, 5.74) is 3.51. The van der Waals surface area contributed by atoms with Gasteiger partial charge in [0.25, 0.3) is 0 Å². The molecule has 3 nitrogen and oxygen atoms in total. The summed E-state index contributed by atoms with van der Waals surface area (Å²) in [7, 11) is 0. The third-order valence-corrected chi connectivity index (χ3v) is 4.72. The molecule has 2 rings (SSSR count). The number of aryl methyl sites for hydroxylation is 2. The topological polar surface area (TPSA) is 24.8 Å². The van der Waals surface area contributed by atoms with Crippen LogP contribution in [0.4, 0.5) is 5.69 Å². The van der Waals surface area contributed by atoms with Gasteiger partial charge in [-0.2, -0.15) is 0 Å². The van der Waals surface area contributed by atoms with E-state index in [0.717, 1.165) is 18.0 Å². The molecule has 1 heterocycles. The number of nitrogens with zero attached hydrogens (tertiary/aromatic N) is 2. The molecule has 1 aromatic carbocycles. The molecule has 1 aliphatic heterocycles. The van der Waals surface area contributed by atoms with Gasteiger partial charge in [0.15, 0.2) is 5.90 Å². The van der Waals surface area contributed by atoms with Gasteiger partial charge in [0.05, 0.1) is 11.8 Å². The molecule has 3 heteroatoms. The van der Waals surface area contributed by atoms with E-state index in [-0.39, 0.29) is 6.10 Å². The molecule has 0 amide bonds. The van der Waals surface area contributed by atoms with E-state index in [4.69, 9.17) is 9.73 Å². The van der Waals surface area contributed by atoms with Gasteiger partial charge < -0.3 is 4.74 Å². The third-order valence-electron chi connectivity index (χ3n) is 4.72. The normalized spacial score (nSPS) is 19.8. The summed E-state index contributed by atoms with van der Waals surface area (Å²) in [6, 6.07) is 6.92. The first-order valence-electron chi connectivity index (χ1n) is 9.55. The fraction of sp³-hybridized carbons (Fsp3) is 0.667. The van der Waals surface area contributed by atoms with Crippen LogP contribution < -0.4 is 0 Å². The molecule has 1 saturated heterocycles. The quantitative estimate of drug-likeness (QED) is 0.514. The van der Waals surface area contributed by atoms with Gasteiger partial charge in [-0.25, -0.2) is 4.99 Å². The molecule has 0 N–H and O–H groups in total. The van der Waals surface area contributed by atoms with E-state index >= 15 is 0 Å². The molecule has 0 spiro atoms. The molecular weight excluding hydrogens is 296 g/mol. The summed E-state index contributed by atoms with van der Waals surface area (Å²) < 4.78 is 6.12. The summed E-state index contributed by atoms with van der Waals surface area (Å²) in [6.45, 7) is 13.1. The highest BCUT2D eigenvalue weighted by Crippen LogP contribution is 2.26. The zero-order chi connectivity index (χ0) is 17.5. The second-order valence-corrected chi connectivity index (χ2v) is 7.30. The Morgan fingerprint density at radius 3 is 2.58 bits per heavy atom. The number of piperidine rings is 1. The van der Waals surface area contributed by atoms with Crippen LogP contribution in [0, 0.1) is 13.8 Å². The van der Waals surface area contributed by atoms with Crippen molar-refractivity contribution in [3.63, 3.8) is 0 Å². The monoisotopic (exact) mass is 330 g/mol. The lowest BCUT2D eigenvalue weighted by Gasteiger charge is -2.35. The van der Waals surface area contributed by atoms with E-state index in [2.05, 4.69) is 57.7 Å². The third kappa shape index (κ3) is 5.34. The number of benzene rings is 1. The van der Waals surface area contributed by atoms with Crippen LogP contribution in [0.5, 0.6) is 0 Å². The van der Waals surface area contributed by atoms with Crippen molar-refractivity contribution in [2.75, 3.05) is 13.1 Å². The number of hydrogen-bond acceptors (Lipinski definition) is 3. The number of para-hydroxylation sites is 1. The molecule has 1 atom stereocenters. The van der Waals surface area contributed by atoms with E-state index in [1.165, 1.54) is 49.9 Å². The lowest BCUT2D eigenvalue weighted by atomic mass is 9.99. The Balaban J connectivity index is 2.23. The van der Waals surface area contributed by atoms with Crippen LogP contribution in [0.2, 0.25) is 0 Å². The Hall–Kier alpha value is -1.35. The van der Waals surface area contributed by atoms with Crippen molar-refractivity contribution in [2.24, 2.45) is 4.99 Å². The van der Waals surface area contributed by atoms with Crippen LogP contribution in [-0.2, 0) is 4.74 Å². The van der Waals surface area contributed by atoms with Gasteiger partial charge >= 0.3 is 0 Å². The van der Waals surface area contributed by atoms with Crippen molar-refractivity contribution in [1.29, 1.82) is 0 Å². The molecule has 1 aliphatic rings. The molecule has 0 saturated carbocycles. The first-order chi connectivity index (χ1) is 11.5. The van der Waals surface area contributed by atoms with Crippen molar-refractivity contribution < 1.29 is 4.74 Å². The van der Waals surface area contributed by atoms with Crippen LogP contribution >= 0.6 is 0 Å². The zero-order valence-corrected chi connectivity index (χ0v) is 16.1. The SMILES string of the molecule is CCCN1CCCCC1CC(=Nc1c(C)cccc1C)OC(C)C. The fourth-order valence-corrected chi connectivity index (χ4v) is 3.57. The summed E-state index contributed by atoms with van der Waals surface area (Å²) >= 11 is 0. The van der Waals surface area contributed by atoms with Crippen molar-refractivity contribution >= 4 is 11.6 Å². The maximum absolute atomic E-state index is 6.12. The van der Waals surface area contributed by atoms with Gasteiger partial charge in [0.1, 0.15) is 0 Å². The number of ether oxygens (including phenoxy) is 1. The summed E-state index contributed by atoms with van der Waals surface area (Å²) in [5.74, 6) is 0.899. The highest BCUT2D eigenvalue weighted by molar-refractivity contribution is 5.81. The Morgan fingerprint density at radius 1 is 1.25 bits per heavy atom. The molecule has 1 fully saturated rings. The van der Waals surface area contributed by atoms with Gasteiger partial charge in [-0.05, 0) is 71.2 Å². The van der Waals surface area contributed by atoms with Gasteiger partial charge in [0, 0.05) is 12.5 Å². The largest absolute Gasteiger partial charge is 0.478 e. The molecule has 0 bridgehead atoms. The van der Waals surface area contributed by atoms with Gasteiger partial charge in [-0.3, -0.25) is 4.90 Å². The Labute approximate surface area is 148 Å². The average molecular weight is 331 g/mol. The van der Waals surface area contributed by atoms with Gasteiger partial charge in [-0.1, -0.05) is 31.5 Å². The van der Waals surface area contributed by atoms with E-state index < -0.39 is 0 Å². The van der Waals surface area contributed by atoms with Crippen molar-refractivity contribution in [3.8, 4) is 0 Å². The minimum absolute atomic E-state index is 0.163. The lowest BCUT2D eigenvalue weighted by Crippen LogP contribution is -2.41. The van der Waals surface area contributed by atoms with E-state index in [9.17, 15) is 0 Å². The predicted molar refractivity (Wildman–Crippen MR) is 103 cm³/mol. The number of hydrogen-bond donors (Lipinski definition) is 0.